The molecule has 1 fully saturated rings. The van der Waals surface area contributed by atoms with Crippen LogP contribution in [0.4, 0.5) is 0 Å². The van der Waals surface area contributed by atoms with Crippen molar-refractivity contribution in [3.63, 3.8) is 0 Å². The summed E-state index contributed by atoms with van der Waals surface area (Å²) in [5.74, 6) is 0.947. The molecule has 0 saturated carbocycles. The average molecular weight is 255 g/mol. The summed E-state index contributed by atoms with van der Waals surface area (Å²) in [5.41, 5.74) is 0. The van der Waals surface area contributed by atoms with E-state index in [9.17, 15) is 4.79 Å². The molecule has 0 aliphatic carbocycles. The molecule has 0 spiro atoms. The molecule has 0 aromatic carbocycles. The number of hydrogen-bond donors (Lipinski definition) is 1. The van der Waals surface area contributed by atoms with Crippen molar-refractivity contribution in [2.45, 2.75) is 33.6 Å². The van der Waals surface area contributed by atoms with Crippen molar-refractivity contribution in [3.8, 4) is 0 Å². The minimum absolute atomic E-state index is 0.298. The van der Waals surface area contributed by atoms with E-state index in [0.717, 1.165) is 52.1 Å². The average Bonchev–Trinajstić information content (AvgIpc) is 2.41. The van der Waals surface area contributed by atoms with Crippen LogP contribution in [-0.4, -0.2) is 61.5 Å². The van der Waals surface area contributed by atoms with Gasteiger partial charge >= 0.3 is 0 Å². The van der Waals surface area contributed by atoms with Gasteiger partial charge in [-0.05, 0) is 12.8 Å². The molecule has 1 heterocycles. The summed E-state index contributed by atoms with van der Waals surface area (Å²) in [7, 11) is 0. The van der Waals surface area contributed by atoms with E-state index in [-0.39, 0.29) is 0 Å². The Bertz CT molecular complexity index is 235. The zero-order valence-electron chi connectivity index (χ0n) is 12.2. The zero-order chi connectivity index (χ0) is 13.4. The molecular formula is C14H29N3O. The molecule has 1 rings (SSSR count). The van der Waals surface area contributed by atoms with Crippen molar-refractivity contribution in [2.75, 3.05) is 45.8 Å². The molecule has 1 N–H and O–H groups in total. The first kappa shape index (κ1) is 15.4. The van der Waals surface area contributed by atoms with Gasteiger partial charge in [0.2, 0.25) is 5.91 Å². The van der Waals surface area contributed by atoms with Crippen LogP contribution in [0.25, 0.3) is 0 Å². The number of nitrogens with one attached hydrogen (secondary N) is 1. The largest absolute Gasteiger partial charge is 0.342 e. The Kier molecular flexibility index (Phi) is 7.28. The molecule has 4 heteroatoms. The van der Waals surface area contributed by atoms with Gasteiger partial charge in [0.05, 0.1) is 6.54 Å². The lowest BCUT2D eigenvalue weighted by molar-refractivity contribution is -0.133. The summed E-state index contributed by atoms with van der Waals surface area (Å²) in [6, 6.07) is 0. The van der Waals surface area contributed by atoms with Gasteiger partial charge in [-0.3, -0.25) is 9.69 Å². The van der Waals surface area contributed by atoms with Crippen molar-refractivity contribution in [3.05, 3.63) is 0 Å². The van der Waals surface area contributed by atoms with E-state index in [2.05, 4.69) is 31.0 Å². The fraction of sp³-hybridized carbons (Fsp3) is 0.929. The first-order valence-corrected chi connectivity index (χ1v) is 7.42. The van der Waals surface area contributed by atoms with Crippen LogP contribution in [0.2, 0.25) is 0 Å². The Balaban J connectivity index is 2.40. The van der Waals surface area contributed by atoms with Gasteiger partial charge in [0.1, 0.15) is 0 Å². The maximum Gasteiger partial charge on any atom is 0.236 e. The summed E-state index contributed by atoms with van der Waals surface area (Å²) in [6.45, 7) is 12.9. The van der Waals surface area contributed by atoms with Gasteiger partial charge in [0.15, 0.2) is 0 Å². The molecule has 0 bridgehead atoms. The number of amides is 1. The third-order valence-electron chi connectivity index (χ3n) is 3.94. The molecule has 1 aliphatic heterocycles. The van der Waals surface area contributed by atoms with E-state index >= 15 is 0 Å². The second kappa shape index (κ2) is 8.48. The molecule has 106 valence electrons. The summed E-state index contributed by atoms with van der Waals surface area (Å²) < 4.78 is 0. The second-order valence-electron chi connectivity index (χ2n) is 5.14. The highest BCUT2D eigenvalue weighted by Crippen LogP contribution is 2.10. The second-order valence-corrected chi connectivity index (χ2v) is 5.14. The number of carbonyl (C=O) groups is 1. The fourth-order valence-corrected chi connectivity index (χ4v) is 2.43. The molecule has 1 amide bonds. The molecule has 0 radical (unpaired) electrons. The zero-order valence-corrected chi connectivity index (χ0v) is 12.2. The third kappa shape index (κ3) is 4.94. The number of rotatable bonds is 7. The molecule has 0 unspecified atom stereocenters. The SMILES string of the molecule is CCC(CC)CN(CC)C(=O)CN1CCNCC1. The summed E-state index contributed by atoms with van der Waals surface area (Å²) in [6.07, 6.45) is 2.32. The van der Waals surface area contributed by atoms with Crippen LogP contribution in [0, 0.1) is 5.92 Å². The van der Waals surface area contributed by atoms with Gasteiger partial charge in [-0.25, -0.2) is 0 Å². The maximum atomic E-state index is 12.3. The lowest BCUT2D eigenvalue weighted by atomic mass is 10.0. The number of carbonyl (C=O) groups excluding carboxylic acids is 1. The predicted octanol–water partition coefficient (Wildman–Crippen LogP) is 1.18. The topological polar surface area (TPSA) is 35.6 Å². The minimum Gasteiger partial charge on any atom is -0.342 e. The first-order chi connectivity index (χ1) is 8.71. The molecular weight excluding hydrogens is 226 g/mol. The molecule has 4 nitrogen and oxygen atoms in total. The van der Waals surface area contributed by atoms with Crippen LogP contribution in [0.5, 0.6) is 0 Å². The van der Waals surface area contributed by atoms with Crippen molar-refractivity contribution < 1.29 is 4.79 Å². The Hall–Kier alpha value is -0.610. The summed E-state index contributed by atoms with van der Waals surface area (Å²) in [5, 5.41) is 3.32. The molecule has 0 atom stereocenters. The molecule has 18 heavy (non-hydrogen) atoms. The third-order valence-corrected chi connectivity index (χ3v) is 3.94. The highest BCUT2D eigenvalue weighted by molar-refractivity contribution is 5.78. The van der Waals surface area contributed by atoms with Crippen molar-refractivity contribution in [2.24, 2.45) is 5.92 Å². The van der Waals surface area contributed by atoms with E-state index < -0.39 is 0 Å². The number of likely N-dealkylation sites (N-methyl/N-ethyl adjacent to an activating group) is 1. The van der Waals surface area contributed by atoms with Crippen molar-refractivity contribution in [1.29, 1.82) is 0 Å². The van der Waals surface area contributed by atoms with Crippen LogP contribution in [0.15, 0.2) is 0 Å². The number of piperazine rings is 1. The lowest BCUT2D eigenvalue weighted by Crippen LogP contribution is -2.49. The minimum atomic E-state index is 0.298. The van der Waals surface area contributed by atoms with Gasteiger partial charge in [0, 0.05) is 39.3 Å². The fourth-order valence-electron chi connectivity index (χ4n) is 2.43. The number of hydrogen-bond acceptors (Lipinski definition) is 3. The predicted molar refractivity (Wildman–Crippen MR) is 75.6 cm³/mol. The van der Waals surface area contributed by atoms with Crippen LogP contribution < -0.4 is 5.32 Å². The Morgan fingerprint density at radius 3 is 2.33 bits per heavy atom. The van der Waals surface area contributed by atoms with Crippen molar-refractivity contribution >= 4 is 5.91 Å². The van der Waals surface area contributed by atoms with Crippen LogP contribution >= 0.6 is 0 Å². The Morgan fingerprint density at radius 2 is 1.83 bits per heavy atom. The van der Waals surface area contributed by atoms with Gasteiger partial charge in [0.25, 0.3) is 0 Å². The van der Waals surface area contributed by atoms with E-state index in [1.807, 2.05) is 4.90 Å². The quantitative estimate of drug-likeness (QED) is 0.742. The molecule has 1 aliphatic rings. The highest BCUT2D eigenvalue weighted by atomic mass is 16.2. The monoisotopic (exact) mass is 255 g/mol. The Labute approximate surface area is 112 Å². The standard InChI is InChI=1S/C14H29N3O/c1-4-13(5-2)11-17(6-3)14(18)12-16-9-7-15-8-10-16/h13,15H,4-12H2,1-3H3. The van der Waals surface area contributed by atoms with E-state index in [0.29, 0.717) is 18.4 Å². The molecule has 0 aromatic heterocycles. The smallest absolute Gasteiger partial charge is 0.236 e. The van der Waals surface area contributed by atoms with Gasteiger partial charge < -0.3 is 10.2 Å². The molecule has 1 saturated heterocycles. The summed E-state index contributed by atoms with van der Waals surface area (Å²) in [4.78, 5) is 16.6. The highest BCUT2D eigenvalue weighted by Gasteiger charge is 2.19. The molecule has 0 aromatic rings. The van der Waals surface area contributed by atoms with Crippen LogP contribution in [0.3, 0.4) is 0 Å². The summed E-state index contributed by atoms with van der Waals surface area (Å²) >= 11 is 0. The first-order valence-electron chi connectivity index (χ1n) is 7.42. The Morgan fingerprint density at radius 1 is 1.22 bits per heavy atom. The van der Waals surface area contributed by atoms with Crippen LogP contribution in [-0.2, 0) is 4.79 Å². The van der Waals surface area contributed by atoms with E-state index in [4.69, 9.17) is 0 Å². The van der Waals surface area contributed by atoms with Gasteiger partial charge in [-0.15, -0.1) is 0 Å². The van der Waals surface area contributed by atoms with Gasteiger partial charge in [-0.1, -0.05) is 26.7 Å². The normalized spacial score (nSPS) is 17.1. The van der Waals surface area contributed by atoms with Crippen molar-refractivity contribution in [1.82, 2.24) is 15.1 Å². The van der Waals surface area contributed by atoms with Crippen LogP contribution in [0.1, 0.15) is 33.6 Å². The van der Waals surface area contributed by atoms with Gasteiger partial charge in [-0.2, -0.15) is 0 Å². The number of nitrogens with zero attached hydrogens (tertiary/aromatic N) is 2. The van der Waals surface area contributed by atoms with E-state index in [1.165, 1.54) is 0 Å². The lowest BCUT2D eigenvalue weighted by Gasteiger charge is -2.31. The maximum absolute atomic E-state index is 12.3. The van der Waals surface area contributed by atoms with E-state index in [1.54, 1.807) is 0 Å².